The van der Waals surface area contributed by atoms with E-state index in [4.69, 9.17) is 4.74 Å². The Morgan fingerprint density at radius 3 is 2.62 bits per heavy atom. The van der Waals surface area contributed by atoms with E-state index in [9.17, 15) is 0 Å². The van der Waals surface area contributed by atoms with Crippen LogP contribution in [0.2, 0.25) is 0 Å². The van der Waals surface area contributed by atoms with E-state index in [1.807, 2.05) is 18.4 Å². The molecule has 0 amide bonds. The normalized spacial score (nSPS) is 17.5. The lowest BCUT2D eigenvalue weighted by Gasteiger charge is -2.34. The fourth-order valence-corrected chi connectivity index (χ4v) is 3.88. The second-order valence-corrected chi connectivity index (χ2v) is 8.70. The zero-order valence-electron chi connectivity index (χ0n) is 16.6. The molecular weight excluding hydrogens is 459 g/mol. The maximum absolute atomic E-state index is 5.51. The third-order valence-corrected chi connectivity index (χ3v) is 5.41. The number of morpholine rings is 1. The summed E-state index contributed by atoms with van der Waals surface area (Å²) in [5.74, 6) is 0.892. The Kier molecular flexibility index (Phi) is 11.1. The van der Waals surface area contributed by atoms with Gasteiger partial charge in [0.2, 0.25) is 0 Å². The molecule has 26 heavy (non-hydrogen) atoms. The molecule has 0 radical (unpaired) electrons. The number of hydrogen-bond acceptors (Lipinski definition) is 4. The Balaban J connectivity index is 0.00000338. The molecule has 2 heterocycles. The van der Waals surface area contributed by atoms with Gasteiger partial charge in [0.05, 0.1) is 19.3 Å². The van der Waals surface area contributed by atoms with Crippen LogP contribution in [0.4, 0.5) is 0 Å². The van der Waals surface area contributed by atoms with Crippen molar-refractivity contribution in [1.29, 1.82) is 0 Å². The van der Waals surface area contributed by atoms with Crippen molar-refractivity contribution >= 4 is 41.3 Å². The predicted molar refractivity (Wildman–Crippen MR) is 123 cm³/mol. The molecule has 2 N–H and O–H groups in total. The lowest BCUT2D eigenvalue weighted by Crippen LogP contribution is -2.46. The van der Waals surface area contributed by atoms with E-state index in [1.54, 1.807) is 0 Å². The van der Waals surface area contributed by atoms with Gasteiger partial charge in [-0.1, -0.05) is 26.8 Å². The second-order valence-electron chi connectivity index (χ2n) is 7.72. The van der Waals surface area contributed by atoms with Crippen molar-refractivity contribution in [3.05, 3.63) is 22.4 Å². The van der Waals surface area contributed by atoms with Gasteiger partial charge in [0.25, 0.3) is 0 Å². The zero-order valence-corrected chi connectivity index (χ0v) is 19.7. The zero-order chi connectivity index (χ0) is 18.1. The highest BCUT2D eigenvalue weighted by Crippen LogP contribution is 2.25. The second kappa shape index (κ2) is 12.2. The van der Waals surface area contributed by atoms with E-state index in [-0.39, 0.29) is 24.0 Å². The van der Waals surface area contributed by atoms with Gasteiger partial charge in [0, 0.05) is 38.1 Å². The molecule has 1 saturated heterocycles. The largest absolute Gasteiger partial charge is 0.379 e. The predicted octanol–water partition coefficient (Wildman–Crippen LogP) is 3.73. The van der Waals surface area contributed by atoms with Crippen molar-refractivity contribution in [1.82, 2.24) is 15.5 Å². The lowest BCUT2D eigenvalue weighted by molar-refractivity contribution is 0.0177. The molecule has 0 bridgehead atoms. The SMILES string of the molecule is CN=C(NCCCC(C)(C)C)NCC(c1cccs1)N1CCOCC1.I. The molecule has 1 fully saturated rings. The van der Waals surface area contributed by atoms with Gasteiger partial charge >= 0.3 is 0 Å². The number of guanidine groups is 1. The lowest BCUT2D eigenvalue weighted by atomic mass is 9.91. The summed E-state index contributed by atoms with van der Waals surface area (Å²) in [5.41, 5.74) is 0.388. The van der Waals surface area contributed by atoms with Crippen LogP contribution in [0.1, 0.15) is 44.5 Å². The standard InChI is InChI=1S/C19H34N4OS.HI/c1-19(2,3)8-6-9-21-18(20-4)22-15-16(17-7-5-14-25-17)23-10-12-24-13-11-23;/h5,7,14,16H,6,8-13,15H2,1-4H3,(H2,20,21,22);1H. The molecule has 0 aromatic carbocycles. The van der Waals surface area contributed by atoms with E-state index in [1.165, 1.54) is 11.3 Å². The Hall–Kier alpha value is -0.380. The topological polar surface area (TPSA) is 48.9 Å². The van der Waals surface area contributed by atoms with Gasteiger partial charge in [-0.05, 0) is 29.7 Å². The molecule has 7 heteroatoms. The fraction of sp³-hybridized carbons (Fsp3) is 0.737. The Labute approximate surface area is 180 Å². The van der Waals surface area contributed by atoms with Crippen molar-refractivity contribution in [3.8, 4) is 0 Å². The minimum Gasteiger partial charge on any atom is -0.379 e. The van der Waals surface area contributed by atoms with Gasteiger partial charge in [-0.25, -0.2) is 0 Å². The van der Waals surface area contributed by atoms with Crippen LogP contribution in [-0.4, -0.2) is 57.3 Å². The third-order valence-electron chi connectivity index (χ3n) is 4.44. The number of hydrogen-bond donors (Lipinski definition) is 2. The number of rotatable bonds is 7. The van der Waals surface area contributed by atoms with Crippen LogP contribution in [-0.2, 0) is 4.74 Å². The van der Waals surface area contributed by atoms with Gasteiger partial charge in [0.1, 0.15) is 0 Å². The molecule has 1 atom stereocenters. The van der Waals surface area contributed by atoms with Gasteiger partial charge in [-0.3, -0.25) is 9.89 Å². The highest BCUT2D eigenvalue weighted by atomic mass is 127. The maximum atomic E-state index is 5.51. The smallest absolute Gasteiger partial charge is 0.191 e. The number of thiophene rings is 1. The summed E-state index contributed by atoms with van der Waals surface area (Å²) in [6, 6.07) is 4.73. The molecule has 1 aliphatic heterocycles. The van der Waals surface area contributed by atoms with Crippen molar-refractivity contribution in [2.45, 2.75) is 39.7 Å². The highest BCUT2D eigenvalue weighted by molar-refractivity contribution is 14.0. The van der Waals surface area contributed by atoms with Crippen LogP contribution in [0.5, 0.6) is 0 Å². The van der Waals surface area contributed by atoms with Gasteiger partial charge in [-0.2, -0.15) is 0 Å². The number of ether oxygens (including phenoxy) is 1. The van der Waals surface area contributed by atoms with E-state index >= 15 is 0 Å². The third kappa shape index (κ3) is 8.54. The monoisotopic (exact) mass is 494 g/mol. The number of aliphatic imine (C=N–C) groups is 1. The van der Waals surface area contributed by atoms with Crippen LogP contribution in [0, 0.1) is 5.41 Å². The quantitative estimate of drug-likeness (QED) is 0.263. The molecule has 1 aliphatic rings. The van der Waals surface area contributed by atoms with E-state index in [0.717, 1.165) is 51.8 Å². The summed E-state index contributed by atoms with van der Waals surface area (Å²) in [5, 5.41) is 9.12. The van der Waals surface area contributed by atoms with Crippen molar-refractivity contribution in [2.75, 3.05) is 46.4 Å². The van der Waals surface area contributed by atoms with Crippen LogP contribution in [0.3, 0.4) is 0 Å². The Morgan fingerprint density at radius 2 is 2.04 bits per heavy atom. The molecule has 150 valence electrons. The molecule has 1 aromatic rings. The molecule has 1 aromatic heterocycles. The average Bonchev–Trinajstić information content (AvgIpc) is 3.11. The van der Waals surface area contributed by atoms with Gasteiger partial charge in [-0.15, -0.1) is 35.3 Å². The summed E-state index contributed by atoms with van der Waals surface area (Å²) in [4.78, 5) is 8.28. The van der Waals surface area contributed by atoms with Crippen LogP contribution in [0.25, 0.3) is 0 Å². The first-order valence-corrected chi connectivity index (χ1v) is 10.2. The number of halogens is 1. The van der Waals surface area contributed by atoms with Gasteiger partial charge in [0.15, 0.2) is 5.96 Å². The summed E-state index contributed by atoms with van der Waals surface area (Å²) in [7, 11) is 1.84. The first-order chi connectivity index (χ1) is 12.0. The summed E-state index contributed by atoms with van der Waals surface area (Å²) in [6.07, 6.45) is 2.37. The molecule has 5 nitrogen and oxygen atoms in total. The minimum atomic E-state index is 0. The van der Waals surface area contributed by atoms with E-state index < -0.39 is 0 Å². The van der Waals surface area contributed by atoms with Gasteiger partial charge < -0.3 is 15.4 Å². The summed E-state index contributed by atoms with van der Waals surface area (Å²) in [6.45, 7) is 12.3. The Morgan fingerprint density at radius 1 is 1.31 bits per heavy atom. The van der Waals surface area contributed by atoms with E-state index in [0.29, 0.717) is 11.5 Å². The molecular formula is C19H35IN4OS. The molecule has 0 spiro atoms. The first kappa shape index (κ1) is 23.7. The molecule has 1 unspecified atom stereocenters. The minimum absolute atomic E-state index is 0. The average molecular weight is 494 g/mol. The van der Waals surface area contributed by atoms with Crippen molar-refractivity contribution in [2.24, 2.45) is 10.4 Å². The summed E-state index contributed by atoms with van der Waals surface area (Å²) >= 11 is 1.83. The van der Waals surface area contributed by atoms with Crippen molar-refractivity contribution < 1.29 is 4.74 Å². The van der Waals surface area contributed by atoms with Crippen LogP contribution < -0.4 is 10.6 Å². The van der Waals surface area contributed by atoms with Crippen LogP contribution in [0.15, 0.2) is 22.5 Å². The van der Waals surface area contributed by atoms with Crippen molar-refractivity contribution in [3.63, 3.8) is 0 Å². The maximum Gasteiger partial charge on any atom is 0.191 e. The number of nitrogens with one attached hydrogen (secondary N) is 2. The molecule has 2 rings (SSSR count). The van der Waals surface area contributed by atoms with Crippen LogP contribution >= 0.6 is 35.3 Å². The highest BCUT2D eigenvalue weighted by Gasteiger charge is 2.23. The number of nitrogens with zero attached hydrogens (tertiary/aromatic N) is 2. The summed E-state index contributed by atoms with van der Waals surface area (Å²) < 4.78 is 5.51. The first-order valence-electron chi connectivity index (χ1n) is 9.29. The molecule has 0 saturated carbocycles. The van der Waals surface area contributed by atoms with E-state index in [2.05, 4.69) is 58.8 Å². The molecule has 0 aliphatic carbocycles. The Bertz CT molecular complexity index is 510. The fourth-order valence-electron chi connectivity index (χ4n) is 3.02.